The van der Waals surface area contributed by atoms with E-state index in [1.807, 2.05) is 32.7 Å². The van der Waals surface area contributed by atoms with Gasteiger partial charge < -0.3 is 4.90 Å². The van der Waals surface area contributed by atoms with Crippen molar-refractivity contribution in [3.63, 3.8) is 0 Å². The number of rotatable bonds is 3. The van der Waals surface area contributed by atoms with Crippen molar-refractivity contribution in [3.05, 3.63) is 0 Å². The van der Waals surface area contributed by atoms with Crippen LogP contribution in [0, 0.1) is 11.8 Å². The lowest BCUT2D eigenvalue weighted by atomic mass is 9.96. The van der Waals surface area contributed by atoms with Crippen molar-refractivity contribution in [3.8, 4) is 0 Å². The molecule has 0 heterocycles. The van der Waals surface area contributed by atoms with Crippen LogP contribution >= 0.6 is 0 Å². The summed E-state index contributed by atoms with van der Waals surface area (Å²) in [5.41, 5.74) is 0. The summed E-state index contributed by atoms with van der Waals surface area (Å²) >= 11 is 0. The Labute approximate surface area is 75.9 Å². The Morgan fingerprint density at radius 3 is 1.75 bits per heavy atom. The molecule has 2 heteroatoms. The monoisotopic (exact) mass is 171 g/mol. The lowest BCUT2D eigenvalue weighted by molar-refractivity contribution is -0.136. The van der Waals surface area contributed by atoms with Gasteiger partial charge >= 0.3 is 0 Å². The van der Waals surface area contributed by atoms with Gasteiger partial charge in [-0.05, 0) is 19.8 Å². The summed E-state index contributed by atoms with van der Waals surface area (Å²) in [5, 5.41) is 0. The summed E-state index contributed by atoms with van der Waals surface area (Å²) in [6.07, 6.45) is 0. The maximum absolute atomic E-state index is 11.7. The van der Waals surface area contributed by atoms with E-state index in [0.717, 1.165) is 0 Å². The van der Waals surface area contributed by atoms with Gasteiger partial charge in [0.1, 0.15) is 0 Å². The minimum atomic E-state index is 0.136. The van der Waals surface area contributed by atoms with E-state index >= 15 is 0 Å². The van der Waals surface area contributed by atoms with E-state index in [-0.39, 0.29) is 11.8 Å². The molecule has 12 heavy (non-hydrogen) atoms. The molecule has 0 aliphatic rings. The van der Waals surface area contributed by atoms with Crippen LogP contribution in [0.1, 0.15) is 34.6 Å². The van der Waals surface area contributed by atoms with Crippen molar-refractivity contribution in [2.75, 3.05) is 7.05 Å². The van der Waals surface area contributed by atoms with Crippen LogP contribution < -0.4 is 0 Å². The highest BCUT2D eigenvalue weighted by Gasteiger charge is 2.21. The number of nitrogens with zero attached hydrogens (tertiary/aromatic N) is 1. The van der Waals surface area contributed by atoms with Crippen LogP contribution in [0.25, 0.3) is 0 Å². The molecule has 0 aliphatic heterocycles. The highest BCUT2D eigenvalue weighted by Crippen LogP contribution is 2.13. The maximum Gasteiger partial charge on any atom is 0.225 e. The molecule has 0 aliphatic carbocycles. The normalized spacial score (nSPS) is 13.7. The number of hydrogen-bond acceptors (Lipinski definition) is 1. The van der Waals surface area contributed by atoms with E-state index in [1.165, 1.54) is 0 Å². The zero-order valence-electron chi connectivity index (χ0n) is 9.09. The molecule has 0 saturated carbocycles. The average molecular weight is 171 g/mol. The Morgan fingerprint density at radius 2 is 1.50 bits per heavy atom. The van der Waals surface area contributed by atoms with Gasteiger partial charge in [0.05, 0.1) is 0 Å². The molecule has 0 rings (SSSR count). The van der Waals surface area contributed by atoms with Gasteiger partial charge in [0.2, 0.25) is 5.91 Å². The minimum absolute atomic E-state index is 0.136. The van der Waals surface area contributed by atoms with Crippen molar-refractivity contribution < 1.29 is 4.79 Å². The molecular formula is C10H21NO. The first kappa shape index (κ1) is 11.5. The first-order valence-corrected chi connectivity index (χ1v) is 4.64. The zero-order chi connectivity index (χ0) is 9.89. The average Bonchev–Trinajstić information content (AvgIpc) is 2.00. The Kier molecular flexibility index (Phi) is 4.29. The van der Waals surface area contributed by atoms with Crippen molar-refractivity contribution in [1.29, 1.82) is 0 Å². The molecule has 0 N–H and O–H groups in total. The van der Waals surface area contributed by atoms with Crippen LogP contribution in [0.15, 0.2) is 0 Å². The molecule has 2 nitrogen and oxygen atoms in total. The Bertz CT molecular complexity index is 136. The van der Waals surface area contributed by atoms with Crippen LogP contribution in [-0.2, 0) is 4.79 Å². The van der Waals surface area contributed by atoms with E-state index in [0.29, 0.717) is 12.0 Å². The van der Waals surface area contributed by atoms with Gasteiger partial charge in [0, 0.05) is 19.0 Å². The van der Waals surface area contributed by atoms with Crippen LogP contribution in [0.3, 0.4) is 0 Å². The number of hydrogen-bond donors (Lipinski definition) is 0. The summed E-state index contributed by atoms with van der Waals surface area (Å²) in [6, 6.07) is 0.304. The van der Waals surface area contributed by atoms with Crippen LogP contribution in [0.2, 0.25) is 0 Å². The number of amides is 1. The maximum atomic E-state index is 11.7. The zero-order valence-corrected chi connectivity index (χ0v) is 9.09. The standard InChI is InChI=1S/C10H21NO/c1-7(2)9(5)10(12)11(6)8(3)4/h7-9H,1-6H3/t9-/m1/s1. The molecule has 0 radical (unpaired) electrons. The van der Waals surface area contributed by atoms with Gasteiger partial charge in [-0.3, -0.25) is 4.79 Å². The summed E-state index contributed by atoms with van der Waals surface area (Å²) in [5.74, 6) is 0.816. The van der Waals surface area contributed by atoms with E-state index in [4.69, 9.17) is 0 Å². The molecule has 0 unspecified atom stereocenters. The smallest absolute Gasteiger partial charge is 0.225 e. The summed E-state index contributed by atoms with van der Waals surface area (Å²) in [4.78, 5) is 13.5. The second-order valence-electron chi connectivity index (χ2n) is 4.08. The van der Waals surface area contributed by atoms with E-state index in [2.05, 4.69) is 13.8 Å². The number of carbonyl (C=O) groups is 1. The van der Waals surface area contributed by atoms with E-state index < -0.39 is 0 Å². The van der Waals surface area contributed by atoms with Gasteiger partial charge in [-0.1, -0.05) is 20.8 Å². The highest BCUT2D eigenvalue weighted by atomic mass is 16.2. The predicted octanol–water partition coefficient (Wildman–Crippen LogP) is 2.15. The molecule has 0 bridgehead atoms. The molecule has 1 amide bonds. The Hall–Kier alpha value is -0.530. The quantitative estimate of drug-likeness (QED) is 0.637. The topological polar surface area (TPSA) is 20.3 Å². The molecule has 0 aromatic carbocycles. The fraction of sp³-hybridized carbons (Fsp3) is 0.900. The van der Waals surface area contributed by atoms with Crippen LogP contribution in [-0.4, -0.2) is 23.9 Å². The lowest BCUT2D eigenvalue weighted by Crippen LogP contribution is -2.38. The minimum Gasteiger partial charge on any atom is -0.343 e. The number of carbonyl (C=O) groups excluding carboxylic acids is 1. The van der Waals surface area contributed by atoms with Crippen molar-refractivity contribution in [1.82, 2.24) is 4.90 Å². The molecule has 0 aromatic heterocycles. The SMILES string of the molecule is CC(C)[C@@H](C)C(=O)N(C)C(C)C. The molecule has 0 spiro atoms. The van der Waals surface area contributed by atoms with Gasteiger partial charge in [-0.15, -0.1) is 0 Å². The third-order valence-electron chi connectivity index (χ3n) is 2.51. The van der Waals surface area contributed by atoms with Gasteiger partial charge in [-0.25, -0.2) is 0 Å². The van der Waals surface area contributed by atoms with E-state index in [1.54, 1.807) is 0 Å². The van der Waals surface area contributed by atoms with Crippen molar-refractivity contribution in [2.24, 2.45) is 11.8 Å². The molecule has 0 saturated heterocycles. The van der Waals surface area contributed by atoms with Crippen molar-refractivity contribution >= 4 is 5.91 Å². The molecule has 0 fully saturated rings. The molecule has 0 aromatic rings. The van der Waals surface area contributed by atoms with Gasteiger partial charge in [0.15, 0.2) is 0 Å². The molecular weight excluding hydrogens is 150 g/mol. The molecule has 72 valence electrons. The lowest BCUT2D eigenvalue weighted by Gasteiger charge is -2.26. The highest BCUT2D eigenvalue weighted by molar-refractivity contribution is 5.78. The largest absolute Gasteiger partial charge is 0.343 e. The van der Waals surface area contributed by atoms with Gasteiger partial charge in [0.25, 0.3) is 0 Å². The van der Waals surface area contributed by atoms with Crippen molar-refractivity contribution in [2.45, 2.75) is 40.7 Å². The predicted molar refractivity (Wildman–Crippen MR) is 51.9 cm³/mol. The summed E-state index contributed by atoms with van der Waals surface area (Å²) in [7, 11) is 1.87. The second-order valence-corrected chi connectivity index (χ2v) is 4.08. The Balaban J connectivity index is 4.19. The molecule has 1 atom stereocenters. The first-order valence-electron chi connectivity index (χ1n) is 4.64. The van der Waals surface area contributed by atoms with E-state index in [9.17, 15) is 4.79 Å². The van der Waals surface area contributed by atoms with Crippen LogP contribution in [0.4, 0.5) is 0 Å². The third kappa shape index (κ3) is 2.84. The van der Waals surface area contributed by atoms with Crippen LogP contribution in [0.5, 0.6) is 0 Å². The Morgan fingerprint density at radius 1 is 1.08 bits per heavy atom. The van der Waals surface area contributed by atoms with Gasteiger partial charge in [-0.2, -0.15) is 0 Å². The third-order valence-corrected chi connectivity index (χ3v) is 2.51. The summed E-state index contributed by atoms with van der Waals surface area (Å²) < 4.78 is 0. The first-order chi connectivity index (χ1) is 5.37. The fourth-order valence-electron chi connectivity index (χ4n) is 0.861. The fourth-order valence-corrected chi connectivity index (χ4v) is 0.861. The second kappa shape index (κ2) is 4.48. The summed E-state index contributed by atoms with van der Waals surface area (Å²) in [6.45, 7) is 10.2.